The van der Waals surface area contributed by atoms with Crippen LogP contribution in [0.4, 0.5) is 0 Å². The van der Waals surface area contributed by atoms with Crippen LogP contribution in [-0.4, -0.2) is 20.7 Å². The molecule has 0 saturated carbocycles. The van der Waals surface area contributed by atoms with Crippen LogP contribution in [0.25, 0.3) is 17.1 Å². The standard InChI is InChI=1S/C23H16ClN3O3S/c1-13-16(10-15-7-3-5-9-19(15)30-13)12-20-22(29)27-23(31-20)25-21(28)18(26-27)11-14-6-2-4-8-17(14)24/h2-10,12-13H,11H2,1H3/b20-12-. The molecular weight excluding hydrogens is 434 g/mol. The molecule has 2 aromatic carbocycles. The van der Waals surface area contributed by atoms with Crippen molar-refractivity contribution in [2.24, 2.45) is 0 Å². The summed E-state index contributed by atoms with van der Waals surface area (Å²) in [5.41, 5.74) is 1.96. The number of fused-ring (bicyclic) bond motifs is 2. The molecular formula is C23H16ClN3O3S. The lowest BCUT2D eigenvalue weighted by atomic mass is 10.0. The topological polar surface area (TPSA) is 73.6 Å². The second-order valence-electron chi connectivity index (χ2n) is 7.18. The zero-order chi connectivity index (χ0) is 21.5. The van der Waals surface area contributed by atoms with Gasteiger partial charge in [0.15, 0.2) is 0 Å². The fourth-order valence-corrected chi connectivity index (χ4v) is 4.55. The summed E-state index contributed by atoms with van der Waals surface area (Å²) in [4.78, 5) is 29.8. The third-order valence-electron chi connectivity index (χ3n) is 5.08. The summed E-state index contributed by atoms with van der Waals surface area (Å²) in [5, 5.41) is 4.83. The largest absolute Gasteiger partial charge is 0.485 e. The number of halogens is 1. The Hall–Kier alpha value is -3.29. The Morgan fingerprint density at radius 2 is 1.94 bits per heavy atom. The van der Waals surface area contributed by atoms with Crippen molar-refractivity contribution < 1.29 is 4.74 Å². The van der Waals surface area contributed by atoms with Crippen molar-refractivity contribution in [3.05, 3.63) is 101 Å². The summed E-state index contributed by atoms with van der Waals surface area (Å²) in [7, 11) is 0. The maximum Gasteiger partial charge on any atom is 0.296 e. The fraction of sp³-hybridized carbons (Fsp3) is 0.130. The Morgan fingerprint density at radius 1 is 1.16 bits per heavy atom. The molecule has 3 heterocycles. The van der Waals surface area contributed by atoms with E-state index in [1.807, 2.05) is 55.5 Å². The highest BCUT2D eigenvalue weighted by molar-refractivity contribution is 7.15. The van der Waals surface area contributed by atoms with E-state index >= 15 is 0 Å². The Labute approximate surface area is 185 Å². The van der Waals surface area contributed by atoms with Gasteiger partial charge in [0.05, 0.1) is 4.53 Å². The lowest BCUT2D eigenvalue weighted by molar-refractivity contribution is 0.259. The fourth-order valence-electron chi connectivity index (χ4n) is 3.45. The van der Waals surface area contributed by atoms with Crippen molar-refractivity contribution in [1.82, 2.24) is 14.6 Å². The smallest absolute Gasteiger partial charge is 0.296 e. The number of benzene rings is 2. The molecule has 5 rings (SSSR count). The second kappa shape index (κ2) is 7.76. The Kier molecular flexibility index (Phi) is 4.92. The number of para-hydroxylation sites is 1. The van der Waals surface area contributed by atoms with Gasteiger partial charge in [0.25, 0.3) is 11.1 Å². The predicted octanol–water partition coefficient (Wildman–Crippen LogP) is 3.12. The van der Waals surface area contributed by atoms with Crippen LogP contribution in [0.15, 0.2) is 63.7 Å². The van der Waals surface area contributed by atoms with Crippen LogP contribution in [0.5, 0.6) is 5.75 Å². The Morgan fingerprint density at radius 3 is 2.77 bits per heavy atom. The molecule has 0 N–H and O–H groups in total. The summed E-state index contributed by atoms with van der Waals surface area (Å²) < 4.78 is 7.58. The van der Waals surface area contributed by atoms with Gasteiger partial charge in [-0.3, -0.25) is 9.59 Å². The van der Waals surface area contributed by atoms with Crippen molar-refractivity contribution >= 4 is 40.1 Å². The van der Waals surface area contributed by atoms with Crippen LogP contribution in [0.1, 0.15) is 23.7 Å². The van der Waals surface area contributed by atoms with Crippen LogP contribution in [0.2, 0.25) is 5.02 Å². The minimum absolute atomic E-state index is 0.176. The summed E-state index contributed by atoms with van der Waals surface area (Å²) in [6.07, 6.45) is 3.77. The van der Waals surface area contributed by atoms with Gasteiger partial charge < -0.3 is 4.74 Å². The Bertz CT molecular complexity index is 1520. The van der Waals surface area contributed by atoms with Crippen LogP contribution < -0.4 is 20.4 Å². The van der Waals surface area contributed by atoms with Gasteiger partial charge in [0.2, 0.25) is 4.96 Å². The van der Waals surface area contributed by atoms with E-state index in [2.05, 4.69) is 10.1 Å². The van der Waals surface area contributed by atoms with E-state index in [0.717, 1.165) is 33.8 Å². The molecule has 8 heteroatoms. The highest BCUT2D eigenvalue weighted by Gasteiger charge is 2.18. The van der Waals surface area contributed by atoms with Crippen molar-refractivity contribution in [3.63, 3.8) is 0 Å². The van der Waals surface area contributed by atoms with E-state index in [0.29, 0.717) is 9.55 Å². The zero-order valence-corrected chi connectivity index (χ0v) is 18.0. The number of hydrogen-bond acceptors (Lipinski definition) is 6. The molecule has 1 atom stereocenters. The van der Waals surface area contributed by atoms with Crippen LogP contribution in [0.3, 0.4) is 0 Å². The predicted molar refractivity (Wildman–Crippen MR) is 122 cm³/mol. The van der Waals surface area contributed by atoms with Crippen LogP contribution in [0, 0.1) is 0 Å². The third kappa shape index (κ3) is 3.66. The number of nitrogens with zero attached hydrogens (tertiary/aromatic N) is 3. The quantitative estimate of drug-likeness (QED) is 0.480. The molecule has 6 nitrogen and oxygen atoms in total. The molecule has 0 aliphatic carbocycles. The van der Waals surface area contributed by atoms with Gasteiger partial charge in [-0.05, 0) is 42.3 Å². The van der Waals surface area contributed by atoms with Gasteiger partial charge >= 0.3 is 0 Å². The van der Waals surface area contributed by atoms with Gasteiger partial charge in [-0.1, -0.05) is 59.3 Å². The number of rotatable bonds is 3. The first-order valence-electron chi connectivity index (χ1n) is 9.65. The molecule has 0 fully saturated rings. The number of ether oxygens (including phenoxy) is 1. The third-order valence-corrected chi connectivity index (χ3v) is 6.41. The molecule has 1 unspecified atom stereocenters. The van der Waals surface area contributed by atoms with E-state index in [1.165, 1.54) is 4.52 Å². The summed E-state index contributed by atoms with van der Waals surface area (Å²) in [5.74, 6) is 0.809. The Balaban J connectivity index is 1.60. The van der Waals surface area contributed by atoms with Gasteiger partial charge in [0, 0.05) is 17.0 Å². The normalized spacial score (nSPS) is 16.1. The van der Waals surface area contributed by atoms with Crippen molar-refractivity contribution in [2.45, 2.75) is 19.4 Å². The van der Waals surface area contributed by atoms with Crippen molar-refractivity contribution in [2.75, 3.05) is 0 Å². The molecule has 0 bridgehead atoms. The van der Waals surface area contributed by atoms with Crippen LogP contribution in [-0.2, 0) is 6.42 Å². The molecule has 2 aromatic heterocycles. The summed E-state index contributed by atoms with van der Waals surface area (Å²) in [6.45, 7) is 1.93. The molecule has 0 radical (unpaired) electrons. The van der Waals surface area contributed by atoms with Crippen molar-refractivity contribution in [1.29, 1.82) is 0 Å². The maximum absolute atomic E-state index is 13.0. The van der Waals surface area contributed by atoms with Crippen LogP contribution >= 0.6 is 22.9 Å². The highest BCUT2D eigenvalue weighted by atomic mass is 35.5. The molecule has 0 amide bonds. The van der Waals surface area contributed by atoms with Gasteiger partial charge in [-0.25, -0.2) is 0 Å². The van der Waals surface area contributed by atoms with Crippen molar-refractivity contribution in [3.8, 4) is 5.75 Å². The van der Waals surface area contributed by atoms with E-state index in [1.54, 1.807) is 12.1 Å². The first-order valence-corrected chi connectivity index (χ1v) is 10.8. The first kappa shape index (κ1) is 19.7. The van der Waals surface area contributed by atoms with Gasteiger partial charge in [-0.15, -0.1) is 0 Å². The molecule has 1 aliphatic rings. The zero-order valence-electron chi connectivity index (χ0n) is 16.4. The molecule has 1 aliphatic heterocycles. The van der Waals surface area contributed by atoms with E-state index < -0.39 is 5.56 Å². The number of thiazole rings is 1. The van der Waals surface area contributed by atoms with Gasteiger partial charge in [0.1, 0.15) is 17.5 Å². The summed E-state index contributed by atoms with van der Waals surface area (Å²) in [6, 6.07) is 14.9. The van der Waals surface area contributed by atoms with Gasteiger partial charge in [-0.2, -0.15) is 14.6 Å². The molecule has 4 aromatic rings. The molecule has 0 saturated heterocycles. The lowest BCUT2D eigenvalue weighted by Crippen LogP contribution is -2.29. The molecule has 154 valence electrons. The highest BCUT2D eigenvalue weighted by Crippen LogP contribution is 2.29. The maximum atomic E-state index is 13.0. The molecule has 31 heavy (non-hydrogen) atoms. The number of aromatic nitrogens is 3. The van der Waals surface area contributed by atoms with E-state index in [9.17, 15) is 9.59 Å². The average Bonchev–Trinajstić information content (AvgIpc) is 3.05. The lowest BCUT2D eigenvalue weighted by Gasteiger charge is -2.22. The second-order valence-corrected chi connectivity index (χ2v) is 8.60. The first-order chi connectivity index (χ1) is 15.0. The number of hydrogen-bond donors (Lipinski definition) is 0. The molecule has 0 spiro atoms. The van der Waals surface area contributed by atoms with E-state index in [-0.39, 0.29) is 28.7 Å². The minimum Gasteiger partial charge on any atom is -0.485 e. The van der Waals surface area contributed by atoms with E-state index in [4.69, 9.17) is 16.3 Å². The minimum atomic E-state index is -0.463. The average molecular weight is 450 g/mol. The summed E-state index contributed by atoms with van der Waals surface area (Å²) >= 11 is 7.33. The monoisotopic (exact) mass is 449 g/mol. The SMILES string of the molecule is CC1Oc2ccccc2C=C1/C=c1\sc2nc(=O)c(Cc3ccccc3Cl)nn2c1=O.